The molecule has 1 saturated heterocycles. The van der Waals surface area contributed by atoms with Gasteiger partial charge in [-0.15, -0.1) is 0 Å². The maximum absolute atomic E-state index is 14.4. The molecule has 1 heterocycles. The van der Waals surface area contributed by atoms with E-state index in [9.17, 15) is 19.1 Å². The number of hydrogen-bond acceptors (Lipinski definition) is 3. The number of carboxylic acid groups (broad SMARTS) is 1. The summed E-state index contributed by atoms with van der Waals surface area (Å²) in [5, 5.41) is 10.0. The van der Waals surface area contributed by atoms with Crippen LogP contribution in [0.15, 0.2) is 66.7 Å². The Morgan fingerprint density at radius 3 is 2.24 bits per heavy atom. The van der Waals surface area contributed by atoms with Gasteiger partial charge in [0.25, 0.3) is 0 Å². The van der Waals surface area contributed by atoms with Gasteiger partial charge < -0.3 is 14.7 Å². The molecule has 168 valence electrons. The molecule has 1 aliphatic heterocycles. The Bertz CT molecular complexity index is 1200. The molecule has 0 aromatic heterocycles. The van der Waals surface area contributed by atoms with Gasteiger partial charge in [-0.05, 0) is 46.0 Å². The van der Waals surface area contributed by atoms with Gasteiger partial charge in [-0.1, -0.05) is 60.1 Å². The van der Waals surface area contributed by atoms with Crippen LogP contribution in [-0.4, -0.2) is 41.8 Å². The van der Waals surface area contributed by atoms with Gasteiger partial charge in [0, 0.05) is 29.9 Å². The molecule has 0 saturated carbocycles. The first kappa shape index (κ1) is 21.5. The molecule has 3 aromatic carbocycles. The smallest absolute Gasteiger partial charge is 0.409 e. The molecule has 2 aliphatic rings. The SMILES string of the molecule is O=C(O)C1CN(C(=O)OCC2c3ccccc3-c3ccccc32)CC1c1cc(Cl)ccc1F. The first-order valence-corrected chi connectivity index (χ1v) is 11.1. The summed E-state index contributed by atoms with van der Waals surface area (Å²) in [5.74, 6) is -3.38. The van der Waals surface area contributed by atoms with Crippen molar-refractivity contribution in [1.82, 2.24) is 4.90 Å². The molecule has 2 atom stereocenters. The number of ether oxygens (including phenoxy) is 1. The second kappa shape index (κ2) is 8.52. The normalized spacial score (nSPS) is 19.3. The summed E-state index contributed by atoms with van der Waals surface area (Å²) >= 11 is 6.01. The number of hydrogen-bond donors (Lipinski definition) is 1. The number of fused-ring (bicyclic) bond motifs is 3. The third kappa shape index (κ3) is 3.85. The van der Waals surface area contributed by atoms with Crippen LogP contribution in [0.3, 0.4) is 0 Å². The van der Waals surface area contributed by atoms with Gasteiger partial charge >= 0.3 is 12.1 Å². The number of nitrogens with zero attached hydrogens (tertiary/aromatic N) is 1. The summed E-state index contributed by atoms with van der Waals surface area (Å²) in [6.45, 7) is 0.130. The topological polar surface area (TPSA) is 66.8 Å². The van der Waals surface area contributed by atoms with Crippen LogP contribution in [0.4, 0.5) is 9.18 Å². The molecule has 5 nitrogen and oxygen atoms in total. The number of carbonyl (C=O) groups is 2. The lowest BCUT2D eigenvalue weighted by atomic mass is 9.89. The Morgan fingerprint density at radius 2 is 1.61 bits per heavy atom. The molecule has 1 aliphatic carbocycles. The molecule has 5 rings (SSSR count). The van der Waals surface area contributed by atoms with E-state index in [2.05, 4.69) is 12.1 Å². The quantitative estimate of drug-likeness (QED) is 0.550. The minimum Gasteiger partial charge on any atom is -0.481 e. The third-order valence-corrected chi connectivity index (χ3v) is 6.82. The van der Waals surface area contributed by atoms with Crippen LogP contribution in [-0.2, 0) is 9.53 Å². The van der Waals surface area contributed by atoms with E-state index in [1.54, 1.807) is 0 Å². The lowest BCUT2D eigenvalue weighted by molar-refractivity contribution is -0.141. The first-order chi connectivity index (χ1) is 15.9. The summed E-state index contributed by atoms with van der Waals surface area (Å²) in [6, 6.07) is 20.1. The predicted octanol–water partition coefficient (Wildman–Crippen LogP) is 5.53. The number of carbonyl (C=O) groups excluding carboxylic acids is 1. The van der Waals surface area contributed by atoms with E-state index >= 15 is 0 Å². The van der Waals surface area contributed by atoms with E-state index < -0.39 is 29.7 Å². The lowest BCUT2D eigenvalue weighted by Gasteiger charge is -2.19. The minimum atomic E-state index is -1.09. The number of halogens is 2. The van der Waals surface area contributed by atoms with Crippen molar-refractivity contribution in [1.29, 1.82) is 0 Å². The first-order valence-electron chi connectivity index (χ1n) is 10.7. The van der Waals surface area contributed by atoms with Gasteiger partial charge in [-0.2, -0.15) is 0 Å². The zero-order valence-electron chi connectivity index (χ0n) is 17.6. The Kier molecular flexibility index (Phi) is 5.54. The van der Waals surface area contributed by atoms with Crippen molar-refractivity contribution in [3.05, 3.63) is 94.3 Å². The molecule has 1 amide bonds. The van der Waals surface area contributed by atoms with Crippen molar-refractivity contribution in [2.45, 2.75) is 11.8 Å². The van der Waals surface area contributed by atoms with Gasteiger partial charge in [-0.25, -0.2) is 9.18 Å². The monoisotopic (exact) mass is 465 g/mol. The van der Waals surface area contributed by atoms with Crippen LogP contribution in [0.25, 0.3) is 11.1 Å². The predicted molar refractivity (Wildman–Crippen MR) is 122 cm³/mol. The number of benzene rings is 3. The standard InChI is InChI=1S/C26H21ClFNO4/c27-15-9-10-24(28)20(11-15)21-12-29(13-22(21)25(30)31)26(32)33-14-23-18-7-3-1-5-16(18)17-6-2-4-8-19(17)23/h1-11,21-23H,12-14H2,(H,30,31). The summed E-state index contributed by atoms with van der Waals surface area (Å²) in [6.07, 6.45) is -0.604. The number of rotatable bonds is 4. The van der Waals surface area contributed by atoms with Crippen LogP contribution in [0.2, 0.25) is 5.02 Å². The Morgan fingerprint density at radius 1 is 0.970 bits per heavy atom. The largest absolute Gasteiger partial charge is 0.481 e. The molecule has 33 heavy (non-hydrogen) atoms. The highest BCUT2D eigenvalue weighted by molar-refractivity contribution is 6.30. The zero-order valence-corrected chi connectivity index (χ0v) is 18.3. The zero-order chi connectivity index (χ0) is 23.1. The summed E-state index contributed by atoms with van der Waals surface area (Å²) in [4.78, 5) is 26.1. The highest BCUT2D eigenvalue weighted by Crippen LogP contribution is 2.44. The van der Waals surface area contributed by atoms with Crippen molar-refractivity contribution in [2.75, 3.05) is 19.7 Å². The van der Waals surface area contributed by atoms with Crippen molar-refractivity contribution in [3.63, 3.8) is 0 Å². The molecular formula is C26H21ClFNO4. The molecule has 7 heteroatoms. The fourth-order valence-electron chi connectivity index (χ4n) is 5.00. The molecule has 0 radical (unpaired) electrons. The minimum absolute atomic E-state index is 0.0465. The van der Waals surface area contributed by atoms with E-state index in [-0.39, 0.29) is 31.2 Å². The average Bonchev–Trinajstić information content (AvgIpc) is 3.40. The number of aliphatic carboxylic acids is 1. The lowest BCUT2D eigenvalue weighted by Crippen LogP contribution is -2.31. The van der Waals surface area contributed by atoms with E-state index in [1.807, 2.05) is 36.4 Å². The van der Waals surface area contributed by atoms with Crippen LogP contribution < -0.4 is 0 Å². The van der Waals surface area contributed by atoms with Crippen LogP contribution in [0.1, 0.15) is 28.5 Å². The van der Waals surface area contributed by atoms with Crippen LogP contribution in [0.5, 0.6) is 0 Å². The molecule has 1 N–H and O–H groups in total. The average molecular weight is 466 g/mol. The second-order valence-electron chi connectivity index (χ2n) is 8.43. The van der Waals surface area contributed by atoms with Crippen molar-refractivity contribution in [2.24, 2.45) is 5.92 Å². The molecule has 2 unspecified atom stereocenters. The van der Waals surface area contributed by atoms with E-state index in [0.717, 1.165) is 22.3 Å². The maximum atomic E-state index is 14.4. The fraction of sp³-hybridized carbons (Fsp3) is 0.231. The molecule has 3 aromatic rings. The Balaban J connectivity index is 1.34. The number of amides is 1. The van der Waals surface area contributed by atoms with E-state index in [4.69, 9.17) is 16.3 Å². The van der Waals surface area contributed by atoms with Crippen LogP contribution >= 0.6 is 11.6 Å². The van der Waals surface area contributed by atoms with Crippen molar-refractivity contribution < 1.29 is 23.8 Å². The van der Waals surface area contributed by atoms with Gasteiger partial charge in [0.1, 0.15) is 12.4 Å². The van der Waals surface area contributed by atoms with Crippen molar-refractivity contribution in [3.8, 4) is 11.1 Å². The Hall–Kier alpha value is -3.38. The highest BCUT2D eigenvalue weighted by atomic mass is 35.5. The highest BCUT2D eigenvalue weighted by Gasteiger charge is 2.42. The fourth-order valence-corrected chi connectivity index (χ4v) is 5.18. The van der Waals surface area contributed by atoms with Gasteiger partial charge in [0.05, 0.1) is 5.92 Å². The molecule has 0 bridgehead atoms. The Labute approximate surface area is 195 Å². The summed E-state index contributed by atoms with van der Waals surface area (Å²) in [7, 11) is 0. The van der Waals surface area contributed by atoms with Crippen molar-refractivity contribution >= 4 is 23.7 Å². The van der Waals surface area contributed by atoms with E-state index in [0.29, 0.717) is 5.02 Å². The third-order valence-electron chi connectivity index (χ3n) is 6.59. The maximum Gasteiger partial charge on any atom is 0.409 e. The summed E-state index contributed by atoms with van der Waals surface area (Å²) in [5.41, 5.74) is 4.63. The van der Waals surface area contributed by atoms with Gasteiger partial charge in [0.2, 0.25) is 0 Å². The summed E-state index contributed by atoms with van der Waals surface area (Å²) < 4.78 is 20.1. The second-order valence-corrected chi connectivity index (χ2v) is 8.86. The van der Waals surface area contributed by atoms with Gasteiger partial charge in [-0.3, -0.25) is 4.79 Å². The molecule has 1 fully saturated rings. The number of carboxylic acids is 1. The molecular weight excluding hydrogens is 445 g/mol. The molecule has 0 spiro atoms. The van der Waals surface area contributed by atoms with Crippen LogP contribution in [0, 0.1) is 11.7 Å². The number of likely N-dealkylation sites (tertiary alicyclic amines) is 1. The van der Waals surface area contributed by atoms with E-state index in [1.165, 1.54) is 23.1 Å². The van der Waals surface area contributed by atoms with Gasteiger partial charge in [0.15, 0.2) is 0 Å².